The van der Waals surface area contributed by atoms with E-state index in [4.69, 9.17) is 4.74 Å². The van der Waals surface area contributed by atoms with Gasteiger partial charge in [-0.25, -0.2) is 13.6 Å². The fourth-order valence-corrected chi connectivity index (χ4v) is 3.41. The molecule has 3 rings (SSSR count). The van der Waals surface area contributed by atoms with Gasteiger partial charge in [0.15, 0.2) is 0 Å². The molecule has 2 amide bonds. The van der Waals surface area contributed by atoms with E-state index >= 15 is 0 Å². The monoisotopic (exact) mass is 502 g/mol. The van der Waals surface area contributed by atoms with Crippen molar-refractivity contribution in [3.05, 3.63) is 53.9 Å². The van der Waals surface area contributed by atoms with Crippen molar-refractivity contribution in [3.8, 4) is 5.75 Å². The van der Waals surface area contributed by atoms with Gasteiger partial charge >= 0.3 is 6.03 Å². The zero-order chi connectivity index (χ0) is 26.7. The van der Waals surface area contributed by atoms with Gasteiger partial charge in [-0.15, -0.1) is 0 Å². The van der Waals surface area contributed by atoms with E-state index in [1.165, 1.54) is 0 Å². The molecule has 0 spiro atoms. The first kappa shape index (κ1) is 28.8. The molecule has 2 aromatic rings. The number of rotatable bonds is 10. The summed E-state index contributed by atoms with van der Waals surface area (Å²) in [5.74, 6) is 0.696. The van der Waals surface area contributed by atoms with Crippen LogP contribution in [-0.4, -0.2) is 79.5 Å². The lowest BCUT2D eigenvalue weighted by molar-refractivity contribution is 0.200. The molecule has 0 saturated carbocycles. The lowest BCUT2D eigenvalue weighted by Gasteiger charge is -2.31. The van der Waals surface area contributed by atoms with Crippen LogP contribution in [0.1, 0.15) is 38.4 Å². The average molecular weight is 503 g/mol. The number of hydrogen-bond donors (Lipinski definition) is 0. The first-order valence-corrected chi connectivity index (χ1v) is 12.0. The lowest BCUT2D eigenvalue weighted by Crippen LogP contribution is -2.45. The Bertz CT molecular complexity index is 1020. The summed E-state index contributed by atoms with van der Waals surface area (Å²) in [5.41, 5.74) is 2.22. The van der Waals surface area contributed by atoms with Crippen LogP contribution < -0.4 is 9.64 Å². The van der Waals surface area contributed by atoms with Gasteiger partial charge in [0, 0.05) is 43.5 Å². The van der Waals surface area contributed by atoms with E-state index in [0.29, 0.717) is 35.8 Å². The molecule has 0 bridgehead atoms. The number of benzene rings is 1. The Morgan fingerprint density at radius 2 is 1.75 bits per heavy atom. The normalized spacial score (nSPS) is 12.6. The molecule has 2 heterocycles. The standard InChI is InChI=1S/C24H30F2N6O2.C2H6/c1-5-31(13-12-30(2)3)24(33)32(19-8-10-20(34-4)11-9-19)16-18-7-6-17(15-27-18)21-14-22(23(25)26)29-28-21;1-2/h6-11,15,23H,5,12-14,16H2,1-4H3;1-2H3. The van der Waals surface area contributed by atoms with Crippen LogP contribution >= 0.6 is 0 Å². The summed E-state index contributed by atoms with van der Waals surface area (Å²) in [6.07, 6.45) is -1.03. The molecule has 196 valence electrons. The number of aromatic nitrogens is 1. The molecule has 0 fully saturated rings. The summed E-state index contributed by atoms with van der Waals surface area (Å²) in [6, 6.07) is 10.7. The third kappa shape index (κ3) is 7.81. The molecule has 36 heavy (non-hydrogen) atoms. The Labute approximate surface area is 212 Å². The van der Waals surface area contributed by atoms with E-state index in [1.54, 1.807) is 47.4 Å². The number of ether oxygens (including phenoxy) is 1. The second-order valence-corrected chi connectivity index (χ2v) is 8.10. The van der Waals surface area contributed by atoms with Crippen molar-refractivity contribution >= 4 is 23.1 Å². The highest BCUT2D eigenvalue weighted by Crippen LogP contribution is 2.23. The van der Waals surface area contributed by atoms with E-state index in [2.05, 4.69) is 15.2 Å². The lowest BCUT2D eigenvalue weighted by atomic mass is 10.1. The summed E-state index contributed by atoms with van der Waals surface area (Å²) in [5, 5.41) is 7.41. The maximum absolute atomic E-state index is 13.5. The summed E-state index contributed by atoms with van der Waals surface area (Å²) in [6.45, 7) is 8.10. The highest BCUT2D eigenvalue weighted by molar-refractivity contribution is 6.15. The van der Waals surface area contributed by atoms with E-state index in [0.717, 1.165) is 12.2 Å². The molecule has 1 aliphatic rings. The summed E-state index contributed by atoms with van der Waals surface area (Å²) in [7, 11) is 5.53. The number of anilines is 1. The molecular formula is C26H36F2N6O2. The number of amides is 2. The van der Waals surface area contributed by atoms with E-state index in [-0.39, 0.29) is 24.7 Å². The second kappa shape index (κ2) is 14.2. The van der Waals surface area contributed by atoms with Crippen LogP contribution in [0, 0.1) is 0 Å². The first-order chi connectivity index (χ1) is 17.3. The van der Waals surface area contributed by atoms with Gasteiger partial charge < -0.3 is 14.5 Å². The number of halogens is 2. The largest absolute Gasteiger partial charge is 0.497 e. The Hall–Kier alpha value is -3.40. The van der Waals surface area contributed by atoms with Crippen molar-refractivity contribution < 1.29 is 18.3 Å². The molecule has 1 aliphatic heterocycles. The number of likely N-dealkylation sites (N-methyl/N-ethyl adjacent to an activating group) is 2. The fraction of sp³-hybridized carbons (Fsp3) is 0.462. The van der Waals surface area contributed by atoms with Crippen LogP contribution in [0.3, 0.4) is 0 Å². The Morgan fingerprint density at radius 3 is 2.25 bits per heavy atom. The minimum Gasteiger partial charge on any atom is -0.497 e. The van der Waals surface area contributed by atoms with Gasteiger partial charge in [0.2, 0.25) is 0 Å². The van der Waals surface area contributed by atoms with Gasteiger partial charge in [0.05, 0.1) is 25.1 Å². The smallest absolute Gasteiger partial charge is 0.324 e. The number of urea groups is 1. The van der Waals surface area contributed by atoms with Gasteiger partial charge in [0.1, 0.15) is 11.5 Å². The minimum atomic E-state index is -2.62. The van der Waals surface area contributed by atoms with Crippen molar-refractivity contribution in [2.24, 2.45) is 10.2 Å². The van der Waals surface area contributed by atoms with Gasteiger partial charge in [-0.2, -0.15) is 10.2 Å². The van der Waals surface area contributed by atoms with Gasteiger partial charge in [-0.3, -0.25) is 9.88 Å². The zero-order valence-corrected chi connectivity index (χ0v) is 21.9. The molecule has 1 aromatic heterocycles. The van der Waals surface area contributed by atoms with Crippen LogP contribution in [0.2, 0.25) is 0 Å². The fourth-order valence-electron chi connectivity index (χ4n) is 3.41. The third-order valence-electron chi connectivity index (χ3n) is 5.46. The summed E-state index contributed by atoms with van der Waals surface area (Å²) in [4.78, 5) is 23.5. The first-order valence-electron chi connectivity index (χ1n) is 12.0. The van der Waals surface area contributed by atoms with E-state index in [9.17, 15) is 13.6 Å². The highest BCUT2D eigenvalue weighted by atomic mass is 19.3. The third-order valence-corrected chi connectivity index (χ3v) is 5.46. The molecule has 0 aliphatic carbocycles. The van der Waals surface area contributed by atoms with Crippen molar-refractivity contribution in [2.75, 3.05) is 45.7 Å². The van der Waals surface area contributed by atoms with Crippen LogP contribution in [-0.2, 0) is 6.54 Å². The predicted molar refractivity (Wildman–Crippen MR) is 141 cm³/mol. The highest BCUT2D eigenvalue weighted by Gasteiger charge is 2.24. The SMILES string of the molecule is CC.CCN(CCN(C)C)C(=O)N(Cc1ccc(C2=NN=C(C(F)F)C2)cn1)c1ccc(OC)cc1. The van der Waals surface area contributed by atoms with Gasteiger partial charge in [-0.1, -0.05) is 13.8 Å². The number of hydrogen-bond acceptors (Lipinski definition) is 6. The van der Waals surface area contributed by atoms with Crippen molar-refractivity contribution in [3.63, 3.8) is 0 Å². The molecule has 0 radical (unpaired) electrons. The van der Waals surface area contributed by atoms with Crippen molar-refractivity contribution in [2.45, 2.75) is 40.2 Å². The number of methoxy groups -OCH3 is 1. The summed E-state index contributed by atoms with van der Waals surface area (Å²) < 4.78 is 30.9. The zero-order valence-electron chi connectivity index (χ0n) is 21.9. The molecular weight excluding hydrogens is 466 g/mol. The molecule has 0 atom stereocenters. The Kier molecular flexibility index (Phi) is 11.4. The second-order valence-electron chi connectivity index (χ2n) is 8.10. The van der Waals surface area contributed by atoms with Gasteiger partial charge in [-0.05, 0) is 57.4 Å². The van der Waals surface area contributed by atoms with Gasteiger partial charge in [0.25, 0.3) is 6.43 Å². The molecule has 1 aromatic carbocycles. The average Bonchev–Trinajstić information content (AvgIpc) is 3.40. The Morgan fingerprint density at radius 1 is 1.06 bits per heavy atom. The topological polar surface area (TPSA) is 73.6 Å². The number of carbonyl (C=O) groups is 1. The number of alkyl halides is 2. The molecule has 0 N–H and O–H groups in total. The van der Waals surface area contributed by atoms with Crippen LogP contribution in [0.15, 0.2) is 52.8 Å². The number of nitrogens with zero attached hydrogens (tertiary/aromatic N) is 6. The summed E-state index contributed by atoms with van der Waals surface area (Å²) >= 11 is 0. The number of carbonyl (C=O) groups excluding carboxylic acids is 1. The van der Waals surface area contributed by atoms with E-state index in [1.807, 2.05) is 51.9 Å². The van der Waals surface area contributed by atoms with Crippen LogP contribution in [0.4, 0.5) is 19.3 Å². The van der Waals surface area contributed by atoms with E-state index < -0.39 is 6.43 Å². The Balaban J connectivity index is 0.00000222. The van der Waals surface area contributed by atoms with Crippen molar-refractivity contribution in [1.82, 2.24) is 14.8 Å². The molecule has 8 nitrogen and oxygen atoms in total. The molecule has 0 unspecified atom stereocenters. The molecule has 10 heteroatoms. The van der Waals surface area contributed by atoms with Crippen LogP contribution in [0.5, 0.6) is 5.75 Å². The maximum atomic E-state index is 13.5. The maximum Gasteiger partial charge on any atom is 0.324 e. The quantitative estimate of drug-likeness (QED) is 0.461. The minimum absolute atomic E-state index is 0.00644. The van der Waals surface area contributed by atoms with Crippen LogP contribution in [0.25, 0.3) is 0 Å². The molecule has 0 saturated heterocycles. The predicted octanol–water partition coefficient (Wildman–Crippen LogP) is 4.94. The number of pyridine rings is 1. The van der Waals surface area contributed by atoms with Crippen molar-refractivity contribution in [1.29, 1.82) is 0 Å².